The summed E-state index contributed by atoms with van der Waals surface area (Å²) in [6.45, 7) is 0.546. The van der Waals surface area contributed by atoms with Gasteiger partial charge >= 0.3 is 0 Å². The molecule has 4 nitrogen and oxygen atoms in total. The number of benzene rings is 1. The fourth-order valence-corrected chi connectivity index (χ4v) is 2.46. The van der Waals surface area contributed by atoms with E-state index in [2.05, 4.69) is 4.98 Å². The number of nitrogens with zero attached hydrogens (tertiary/aromatic N) is 2. The highest BCUT2D eigenvalue weighted by molar-refractivity contribution is 5.65. The van der Waals surface area contributed by atoms with Crippen molar-refractivity contribution in [2.24, 2.45) is 0 Å². The number of rotatable bonds is 3. The lowest BCUT2D eigenvalue weighted by molar-refractivity contribution is -0.0221. The third-order valence-electron chi connectivity index (χ3n) is 3.67. The van der Waals surface area contributed by atoms with E-state index in [-0.39, 0.29) is 25.9 Å². The zero-order chi connectivity index (χ0) is 15.6. The molecule has 2 aromatic rings. The number of hydrogen-bond donors (Lipinski definition) is 1. The predicted octanol–water partition coefficient (Wildman–Crippen LogP) is 3.69. The topological polar surface area (TPSA) is 51.4 Å². The molecular weight excluding hydrogens is 288 g/mol. The van der Waals surface area contributed by atoms with E-state index < -0.39 is 5.92 Å². The van der Waals surface area contributed by atoms with Crippen molar-refractivity contribution < 1.29 is 13.5 Å². The lowest BCUT2D eigenvalue weighted by atomic mass is 10.1. The van der Waals surface area contributed by atoms with Gasteiger partial charge in [0, 0.05) is 43.9 Å². The van der Waals surface area contributed by atoms with Crippen molar-refractivity contribution in [2.75, 3.05) is 23.7 Å². The molecule has 3 rings (SSSR count). The number of alkyl halides is 2. The van der Waals surface area contributed by atoms with Gasteiger partial charge in [-0.15, -0.1) is 0 Å². The Hall–Kier alpha value is -2.37. The first-order valence-electron chi connectivity index (χ1n) is 7.15. The molecule has 6 heteroatoms. The number of pyridine rings is 1. The molecule has 1 aromatic heterocycles. The summed E-state index contributed by atoms with van der Waals surface area (Å²) in [5, 5.41) is 0. The molecule has 1 saturated heterocycles. The summed E-state index contributed by atoms with van der Waals surface area (Å²) in [6.07, 6.45) is 1.31. The van der Waals surface area contributed by atoms with E-state index in [0.717, 1.165) is 5.69 Å². The van der Waals surface area contributed by atoms with Crippen LogP contribution in [0.5, 0.6) is 11.6 Å². The van der Waals surface area contributed by atoms with Gasteiger partial charge in [-0.2, -0.15) is 0 Å². The van der Waals surface area contributed by atoms with Crippen LogP contribution in [0.25, 0.3) is 0 Å². The molecule has 0 amide bonds. The third kappa shape index (κ3) is 3.27. The number of anilines is 2. The zero-order valence-electron chi connectivity index (χ0n) is 12.0. The minimum atomic E-state index is -2.58. The van der Waals surface area contributed by atoms with Crippen molar-refractivity contribution in [2.45, 2.75) is 18.8 Å². The first-order chi connectivity index (χ1) is 10.5. The number of nitrogens with two attached hydrogens (primary N) is 1. The second-order valence-electron chi connectivity index (χ2n) is 5.34. The maximum atomic E-state index is 13.3. The maximum absolute atomic E-state index is 13.3. The third-order valence-corrected chi connectivity index (χ3v) is 3.67. The summed E-state index contributed by atoms with van der Waals surface area (Å²) in [6, 6.07) is 10.6. The van der Waals surface area contributed by atoms with Gasteiger partial charge in [0.1, 0.15) is 0 Å². The van der Waals surface area contributed by atoms with Crippen LogP contribution in [0, 0.1) is 0 Å². The molecule has 1 fully saturated rings. The molecule has 22 heavy (non-hydrogen) atoms. The fraction of sp³-hybridized carbons (Fsp3) is 0.312. The van der Waals surface area contributed by atoms with E-state index in [1.807, 2.05) is 11.0 Å². The van der Waals surface area contributed by atoms with Crippen LogP contribution in [0.1, 0.15) is 12.8 Å². The Morgan fingerprint density at radius 2 is 1.91 bits per heavy atom. The van der Waals surface area contributed by atoms with Gasteiger partial charge < -0.3 is 15.4 Å². The van der Waals surface area contributed by atoms with Crippen LogP contribution in [0.15, 0.2) is 42.6 Å². The molecule has 2 heterocycles. The number of hydrogen-bond acceptors (Lipinski definition) is 4. The standard InChI is InChI=1S/C16H17F2N3O/c17-16(18)6-9-21(10-7-16)13-11-12(19)4-5-14(13)22-15-3-1-2-8-20-15/h1-5,8,11H,6-7,9-10,19H2. The Morgan fingerprint density at radius 1 is 1.14 bits per heavy atom. The van der Waals surface area contributed by atoms with Crippen molar-refractivity contribution in [3.8, 4) is 11.6 Å². The van der Waals surface area contributed by atoms with Crippen LogP contribution in [-0.4, -0.2) is 24.0 Å². The lowest BCUT2D eigenvalue weighted by Crippen LogP contribution is -2.39. The Morgan fingerprint density at radius 3 is 2.59 bits per heavy atom. The van der Waals surface area contributed by atoms with Gasteiger partial charge in [-0.1, -0.05) is 6.07 Å². The highest BCUT2D eigenvalue weighted by atomic mass is 19.3. The molecule has 0 saturated carbocycles. The summed E-state index contributed by atoms with van der Waals surface area (Å²) < 4.78 is 32.4. The minimum absolute atomic E-state index is 0.162. The lowest BCUT2D eigenvalue weighted by Gasteiger charge is -2.34. The summed E-state index contributed by atoms with van der Waals surface area (Å²) >= 11 is 0. The second-order valence-corrected chi connectivity index (χ2v) is 5.34. The highest BCUT2D eigenvalue weighted by Gasteiger charge is 2.34. The van der Waals surface area contributed by atoms with E-state index >= 15 is 0 Å². The molecule has 1 aliphatic rings. The molecule has 0 bridgehead atoms. The van der Waals surface area contributed by atoms with Gasteiger partial charge in [0.25, 0.3) is 5.92 Å². The predicted molar refractivity (Wildman–Crippen MR) is 81.6 cm³/mol. The monoisotopic (exact) mass is 305 g/mol. The molecule has 1 aliphatic heterocycles. The summed E-state index contributed by atoms with van der Waals surface area (Å²) in [4.78, 5) is 5.99. The van der Waals surface area contributed by atoms with E-state index in [1.54, 1.807) is 36.5 Å². The van der Waals surface area contributed by atoms with E-state index in [4.69, 9.17) is 10.5 Å². The van der Waals surface area contributed by atoms with Crippen LogP contribution >= 0.6 is 0 Å². The van der Waals surface area contributed by atoms with Crippen LogP contribution < -0.4 is 15.4 Å². The summed E-state index contributed by atoms with van der Waals surface area (Å²) in [7, 11) is 0. The van der Waals surface area contributed by atoms with Crippen LogP contribution in [0.3, 0.4) is 0 Å². The molecule has 0 atom stereocenters. The number of nitrogen functional groups attached to an aromatic ring is 1. The van der Waals surface area contributed by atoms with Crippen LogP contribution in [-0.2, 0) is 0 Å². The van der Waals surface area contributed by atoms with Crippen molar-refractivity contribution in [1.29, 1.82) is 0 Å². The van der Waals surface area contributed by atoms with Crippen LogP contribution in [0.2, 0.25) is 0 Å². The van der Waals surface area contributed by atoms with Crippen molar-refractivity contribution in [3.05, 3.63) is 42.6 Å². The molecule has 0 aliphatic carbocycles. The minimum Gasteiger partial charge on any atom is -0.437 e. The van der Waals surface area contributed by atoms with Crippen molar-refractivity contribution >= 4 is 11.4 Å². The number of ether oxygens (including phenoxy) is 1. The van der Waals surface area contributed by atoms with Crippen molar-refractivity contribution in [3.63, 3.8) is 0 Å². The van der Waals surface area contributed by atoms with Gasteiger partial charge in [-0.25, -0.2) is 13.8 Å². The molecule has 1 aromatic carbocycles. The number of aromatic nitrogens is 1. The molecule has 0 unspecified atom stereocenters. The summed E-state index contributed by atoms with van der Waals surface area (Å²) in [5.74, 6) is -1.56. The maximum Gasteiger partial charge on any atom is 0.251 e. The van der Waals surface area contributed by atoms with Crippen molar-refractivity contribution in [1.82, 2.24) is 4.98 Å². The second kappa shape index (κ2) is 5.79. The molecular formula is C16H17F2N3O. The average Bonchev–Trinajstić information content (AvgIpc) is 2.50. The largest absolute Gasteiger partial charge is 0.437 e. The average molecular weight is 305 g/mol. The highest BCUT2D eigenvalue weighted by Crippen LogP contribution is 2.37. The molecule has 2 N–H and O–H groups in total. The van der Waals surface area contributed by atoms with Crippen LogP contribution in [0.4, 0.5) is 20.2 Å². The van der Waals surface area contributed by atoms with Gasteiger partial charge in [-0.3, -0.25) is 0 Å². The molecule has 0 spiro atoms. The summed E-state index contributed by atoms with van der Waals surface area (Å²) in [5.41, 5.74) is 7.13. The van der Waals surface area contributed by atoms with E-state index in [9.17, 15) is 8.78 Å². The normalized spacial score (nSPS) is 17.3. The van der Waals surface area contributed by atoms with Gasteiger partial charge in [0.2, 0.25) is 5.88 Å². The quantitative estimate of drug-likeness (QED) is 0.879. The fourth-order valence-electron chi connectivity index (χ4n) is 2.46. The Labute approximate surface area is 127 Å². The van der Waals surface area contributed by atoms with Gasteiger partial charge in [-0.05, 0) is 24.3 Å². The zero-order valence-corrected chi connectivity index (χ0v) is 12.0. The SMILES string of the molecule is Nc1ccc(Oc2ccccn2)c(N2CCC(F)(F)CC2)c1. The first-order valence-corrected chi connectivity index (χ1v) is 7.15. The smallest absolute Gasteiger partial charge is 0.251 e. The molecule has 116 valence electrons. The van der Waals surface area contributed by atoms with E-state index in [1.165, 1.54) is 0 Å². The Balaban J connectivity index is 1.85. The Kier molecular flexibility index (Phi) is 3.83. The van der Waals surface area contributed by atoms with Gasteiger partial charge in [0.15, 0.2) is 5.75 Å². The molecule has 0 radical (unpaired) electrons. The van der Waals surface area contributed by atoms with E-state index in [0.29, 0.717) is 17.3 Å². The Bertz CT molecular complexity index is 639. The first kappa shape index (κ1) is 14.6. The van der Waals surface area contributed by atoms with Gasteiger partial charge in [0.05, 0.1) is 5.69 Å². The number of halogens is 2. The number of piperidine rings is 1.